The van der Waals surface area contributed by atoms with Crippen molar-refractivity contribution >= 4 is 5.97 Å². The van der Waals surface area contributed by atoms with Gasteiger partial charge in [0, 0.05) is 37.0 Å². The molecule has 5 nitrogen and oxygen atoms in total. The Hall–Kier alpha value is -2.14. The third-order valence-corrected chi connectivity index (χ3v) is 3.76. The molecule has 1 atom stereocenters. The molecule has 5 heteroatoms. The molecule has 0 spiro atoms. The van der Waals surface area contributed by atoms with Gasteiger partial charge >= 0.3 is 5.97 Å². The van der Waals surface area contributed by atoms with Crippen LogP contribution in [0.2, 0.25) is 0 Å². The molecule has 2 heterocycles. The minimum Gasteiger partial charge on any atom is -0.465 e. The minimum atomic E-state index is -0.326. The van der Waals surface area contributed by atoms with E-state index >= 15 is 0 Å². The smallest absolute Gasteiger partial charge is 0.337 e. The predicted octanol–water partition coefficient (Wildman–Crippen LogP) is 2.37. The molecule has 1 aromatic carbocycles. The number of esters is 1. The van der Waals surface area contributed by atoms with E-state index in [2.05, 4.69) is 9.55 Å². The predicted molar refractivity (Wildman–Crippen MR) is 77.9 cm³/mol. The summed E-state index contributed by atoms with van der Waals surface area (Å²) in [6.07, 6.45) is 4.89. The molecular weight excluding hydrogens is 268 g/mol. The maximum absolute atomic E-state index is 11.5. The second-order valence-electron chi connectivity index (χ2n) is 5.20. The Balaban J connectivity index is 1.80. The first-order valence-corrected chi connectivity index (χ1v) is 7.05. The summed E-state index contributed by atoms with van der Waals surface area (Å²) in [5, 5.41) is 0. The molecule has 1 fully saturated rings. The zero-order valence-corrected chi connectivity index (χ0v) is 12.0. The molecule has 1 unspecified atom stereocenters. The SMILES string of the molecule is COC(=O)c1ccc(-c2nccn2CC2CCOC2)cc1. The van der Waals surface area contributed by atoms with Crippen LogP contribution in [0.25, 0.3) is 11.4 Å². The van der Waals surface area contributed by atoms with Gasteiger partial charge in [-0.1, -0.05) is 12.1 Å². The van der Waals surface area contributed by atoms with Gasteiger partial charge in [-0.05, 0) is 18.6 Å². The fourth-order valence-corrected chi connectivity index (χ4v) is 2.60. The fraction of sp³-hybridized carbons (Fsp3) is 0.375. The van der Waals surface area contributed by atoms with E-state index in [4.69, 9.17) is 9.47 Å². The average molecular weight is 286 g/mol. The number of hydrogen-bond acceptors (Lipinski definition) is 4. The van der Waals surface area contributed by atoms with Crippen molar-refractivity contribution < 1.29 is 14.3 Å². The summed E-state index contributed by atoms with van der Waals surface area (Å²) in [5.41, 5.74) is 1.54. The summed E-state index contributed by atoms with van der Waals surface area (Å²) in [4.78, 5) is 15.9. The molecule has 21 heavy (non-hydrogen) atoms. The Morgan fingerprint density at radius 1 is 1.43 bits per heavy atom. The first-order chi connectivity index (χ1) is 10.3. The molecule has 110 valence electrons. The van der Waals surface area contributed by atoms with Crippen LogP contribution in [-0.4, -0.2) is 35.8 Å². The highest BCUT2D eigenvalue weighted by molar-refractivity contribution is 5.89. The van der Waals surface area contributed by atoms with E-state index in [0.29, 0.717) is 11.5 Å². The largest absolute Gasteiger partial charge is 0.465 e. The summed E-state index contributed by atoms with van der Waals surface area (Å²) in [6.45, 7) is 2.58. The molecular formula is C16H18N2O3. The van der Waals surface area contributed by atoms with Crippen molar-refractivity contribution in [2.24, 2.45) is 5.92 Å². The molecule has 0 N–H and O–H groups in total. The Morgan fingerprint density at radius 2 is 2.24 bits per heavy atom. The van der Waals surface area contributed by atoms with E-state index in [-0.39, 0.29) is 5.97 Å². The van der Waals surface area contributed by atoms with Gasteiger partial charge in [0.05, 0.1) is 19.3 Å². The minimum absolute atomic E-state index is 0.326. The molecule has 0 bridgehead atoms. The Labute approximate surface area is 123 Å². The molecule has 0 amide bonds. The lowest BCUT2D eigenvalue weighted by Gasteiger charge is -2.12. The van der Waals surface area contributed by atoms with E-state index in [1.165, 1.54) is 7.11 Å². The summed E-state index contributed by atoms with van der Waals surface area (Å²) < 4.78 is 12.3. The molecule has 1 saturated heterocycles. The Bertz CT molecular complexity index is 613. The van der Waals surface area contributed by atoms with Gasteiger partial charge in [-0.2, -0.15) is 0 Å². The number of rotatable bonds is 4. The van der Waals surface area contributed by atoms with Gasteiger partial charge in [0.2, 0.25) is 0 Å². The molecule has 0 aliphatic carbocycles. The number of hydrogen-bond donors (Lipinski definition) is 0. The van der Waals surface area contributed by atoms with Crippen LogP contribution in [0, 0.1) is 5.92 Å². The lowest BCUT2D eigenvalue weighted by atomic mass is 10.1. The topological polar surface area (TPSA) is 53.3 Å². The lowest BCUT2D eigenvalue weighted by molar-refractivity contribution is 0.0601. The third kappa shape index (κ3) is 2.97. The van der Waals surface area contributed by atoms with Crippen LogP contribution in [0.15, 0.2) is 36.7 Å². The van der Waals surface area contributed by atoms with Crippen LogP contribution in [0.3, 0.4) is 0 Å². The van der Waals surface area contributed by atoms with Crippen molar-refractivity contribution in [3.05, 3.63) is 42.2 Å². The van der Waals surface area contributed by atoms with Crippen LogP contribution in [0.1, 0.15) is 16.8 Å². The fourth-order valence-electron chi connectivity index (χ4n) is 2.60. The number of imidazole rings is 1. The van der Waals surface area contributed by atoms with E-state index in [9.17, 15) is 4.79 Å². The highest BCUT2D eigenvalue weighted by atomic mass is 16.5. The maximum Gasteiger partial charge on any atom is 0.337 e. The number of benzene rings is 1. The number of carbonyl (C=O) groups excluding carboxylic acids is 1. The normalized spacial score (nSPS) is 17.9. The Kier molecular flexibility index (Phi) is 4.01. The summed E-state index contributed by atoms with van der Waals surface area (Å²) in [7, 11) is 1.38. The molecule has 1 aromatic heterocycles. The summed E-state index contributed by atoms with van der Waals surface area (Å²) in [5.74, 6) is 1.14. The highest BCUT2D eigenvalue weighted by Gasteiger charge is 2.18. The van der Waals surface area contributed by atoms with Gasteiger partial charge in [-0.25, -0.2) is 9.78 Å². The second kappa shape index (κ2) is 6.10. The van der Waals surface area contributed by atoms with Crippen LogP contribution in [0.4, 0.5) is 0 Å². The number of nitrogens with zero attached hydrogens (tertiary/aromatic N) is 2. The van der Waals surface area contributed by atoms with Crippen molar-refractivity contribution in [2.75, 3.05) is 20.3 Å². The number of ether oxygens (including phenoxy) is 2. The van der Waals surface area contributed by atoms with Crippen LogP contribution in [0.5, 0.6) is 0 Å². The van der Waals surface area contributed by atoms with E-state index in [1.54, 1.807) is 18.3 Å². The zero-order valence-electron chi connectivity index (χ0n) is 12.0. The molecule has 1 aliphatic rings. The molecule has 2 aromatic rings. The Morgan fingerprint density at radius 3 is 2.90 bits per heavy atom. The van der Waals surface area contributed by atoms with Crippen molar-refractivity contribution in [3.63, 3.8) is 0 Å². The highest BCUT2D eigenvalue weighted by Crippen LogP contribution is 2.22. The lowest BCUT2D eigenvalue weighted by Crippen LogP contribution is -2.11. The van der Waals surface area contributed by atoms with Crippen molar-refractivity contribution in [3.8, 4) is 11.4 Å². The molecule has 0 radical (unpaired) electrons. The van der Waals surface area contributed by atoms with Crippen molar-refractivity contribution in [1.82, 2.24) is 9.55 Å². The van der Waals surface area contributed by atoms with Gasteiger partial charge < -0.3 is 14.0 Å². The van der Waals surface area contributed by atoms with Crippen LogP contribution >= 0.6 is 0 Å². The van der Waals surface area contributed by atoms with Crippen molar-refractivity contribution in [2.45, 2.75) is 13.0 Å². The van der Waals surface area contributed by atoms with E-state index in [1.807, 2.05) is 18.3 Å². The second-order valence-corrected chi connectivity index (χ2v) is 5.20. The average Bonchev–Trinajstić information content (AvgIpc) is 3.19. The quantitative estimate of drug-likeness (QED) is 0.810. The van der Waals surface area contributed by atoms with E-state index < -0.39 is 0 Å². The molecule has 3 rings (SSSR count). The molecule has 1 aliphatic heterocycles. The zero-order chi connectivity index (χ0) is 14.7. The maximum atomic E-state index is 11.5. The standard InChI is InChI=1S/C16H18N2O3/c1-20-16(19)14-4-2-13(3-5-14)15-17-7-8-18(15)10-12-6-9-21-11-12/h2-5,7-8,12H,6,9-11H2,1H3. The first-order valence-electron chi connectivity index (χ1n) is 7.05. The number of carbonyl (C=O) groups is 1. The van der Waals surface area contributed by atoms with Gasteiger partial charge in [-0.3, -0.25) is 0 Å². The third-order valence-electron chi connectivity index (χ3n) is 3.76. The van der Waals surface area contributed by atoms with Gasteiger partial charge in [0.15, 0.2) is 0 Å². The number of aromatic nitrogens is 2. The van der Waals surface area contributed by atoms with Gasteiger partial charge in [0.25, 0.3) is 0 Å². The summed E-state index contributed by atoms with van der Waals surface area (Å²) in [6, 6.07) is 7.32. The summed E-state index contributed by atoms with van der Waals surface area (Å²) >= 11 is 0. The van der Waals surface area contributed by atoms with Crippen molar-refractivity contribution in [1.29, 1.82) is 0 Å². The van der Waals surface area contributed by atoms with Crippen LogP contribution in [-0.2, 0) is 16.0 Å². The van der Waals surface area contributed by atoms with Gasteiger partial charge in [-0.15, -0.1) is 0 Å². The van der Waals surface area contributed by atoms with Crippen LogP contribution < -0.4 is 0 Å². The number of methoxy groups -OCH3 is 1. The molecule has 0 saturated carbocycles. The monoisotopic (exact) mass is 286 g/mol. The first kappa shape index (κ1) is 13.8. The van der Waals surface area contributed by atoms with Gasteiger partial charge in [0.1, 0.15) is 5.82 Å². The van der Waals surface area contributed by atoms with E-state index in [0.717, 1.165) is 37.6 Å².